The molecule has 3 saturated heterocycles. The van der Waals surface area contributed by atoms with Gasteiger partial charge in [-0.1, -0.05) is 0 Å². The fourth-order valence-electron chi connectivity index (χ4n) is 5.23. The third-order valence-electron chi connectivity index (χ3n) is 6.97. The molecule has 1 spiro atoms. The molecule has 1 amide bonds. The van der Waals surface area contributed by atoms with Gasteiger partial charge in [0.05, 0.1) is 37.1 Å². The summed E-state index contributed by atoms with van der Waals surface area (Å²) in [7, 11) is 0. The van der Waals surface area contributed by atoms with E-state index in [-0.39, 0.29) is 36.0 Å². The summed E-state index contributed by atoms with van der Waals surface area (Å²) in [5, 5.41) is 3.42. The highest BCUT2D eigenvalue weighted by Gasteiger charge is 2.45. The van der Waals surface area contributed by atoms with E-state index in [2.05, 4.69) is 20.2 Å². The van der Waals surface area contributed by atoms with Crippen LogP contribution in [0.2, 0.25) is 0 Å². The number of amides is 1. The van der Waals surface area contributed by atoms with Crippen molar-refractivity contribution in [3.05, 3.63) is 42.1 Å². The molecule has 0 saturated carbocycles. The molecule has 8 nitrogen and oxygen atoms in total. The van der Waals surface area contributed by atoms with Crippen LogP contribution in [-0.2, 0) is 4.74 Å². The van der Waals surface area contributed by atoms with Crippen molar-refractivity contribution in [1.29, 1.82) is 0 Å². The lowest BCUT2D eigenvalue weighted by atomic mass is 9.72. The van der Waals surface area contributed by atoms with Gasteiger partial charge in [-0.2, -0.15) is 0 Å². The Morgan fingerprint density at radius 3 is 2.59 bits per heavy atom. The molecule has 4 heterocycles. The van der Waals surface area contributed by atoms with Crippen molar-refractivity contribution in [1.82, 2.24) is 20.2 Å². The number of carbonyl (C=O) groups excluding carboxylic acids is 1. The maximum atomic E-state index is 14.2. The van der Waals surface area contributed by atoms with Crippen molar-refractivity contribution in [2.24, 2.45) is 5.41 Å². The first-order valence-corrected chi connectivity index (χ1v) is 11.6. The molecule has 10 heteroatoms. The van der Waals surface area contributed by atoms with Crippen molar-refractivity contribution in [3.63, 3.8) is 0 Å². The zero-order valence-electron chi connectivity index (χ0n) is 19.5. The van der Waals surface area contributed by atoms with E-state index < -0.39 is 5.82 Å². The molecular weight excluding hydrogens is 461 g/mol. The van der Waals surface area contributed by atoms with Gasteiger partial charge in [0.2, 0.25) is 0 Å². The quantitative estimate of drug-likeness (QED) is 0.703. The number of benzene rings is 1. The van der Waals surface area contributed by atoms with E-state index in [1.165, 1.54) is 24.5 Å². The van der Waals surface area contributed by atoms with Crippen molar-refractivity contribution >= 4 is 24.1 Å². The molecule has 1 aromatic heterocycles. The van der Waals surface area contributed by atoms with Crippen LogP contribution in [-0.4, -0.2) is 72.3 Å². The number of aromatic nitrogens is 2. The summed E-state index contributed by atoms with van der Waals surface area (Å²) in [4.78, 5) is 26.0. The highest BCUT2D eigenvalue weighted by atomic mass is 35.5. The highest BCUT2D eigenvalue weighted by molar-refractivity contribution is 5.97. The van der Waals surface area contributed by atoms with Crippen LogP contribution in [0.25, 0.3) is 0 Å². The Morgan fingerprint density at radius 1 is 1.18 bits per heavy atom. The topological polar surface area (TPSA) is 79.8 Å². The standard InChI is InChI=1S/C24H30FN5O3.ClH/c1-16-11-32-12-17(2)30(16)23(31)19-9-18(25)3-4-20(19)33-21-10-27-15-28-22(21)29-13-24(14-29)5-7-26-8-6-24;/h3-4,9-10,15-17,26H,5-8,11-14H2,1-2H3;1H/t16-,17+;. The number of hydrogen-bond acceptors (Lipinski definition) is 7. The van der Waals surface area contributed by atoms with Crippen LogP contribution in [0.4, 0.5) is 10.2 Å². The van der Waals surface area contributed by atoms with Crippen LogP contribution in [0.1, 0.15) is 37.0 Å². The second-order valence-corrected chi connectivity index (χ2v) is 9.51. The van der Waals surface area contributed by atoms with Crippen LogP contribution < -0.4 is 15.0 Å². The number of ether oxygens (including phenoxy) is 2. The Morgan fingerprint density at radius 2 is 1.88 bits per heavy atom. The van der Waals surface area contributed by atoms with Crippen molar-refractivity contribution in [3.8, 4) is 11.5 Å². The maximum Gasteiger partial charge on any atom is 0.258 e. The van der Waals surface area contributed by atoms with Gasteiger partial charge < -0.3 is 24.6 Å². The summed E-state index contributed by atoms with van der Waals surface area (Å²) < 4.78 is 25.9. The molecule has 2 atom stereocenters. The molecule has 3 aliphatic rings. The number of rotatable bonds is 4. The van der Waals surface area contributed by atoms with Crippen LogP contribution in [0.3, 0.4) is 0 Å². The van der Waals surface area contributed by atoms with Crippen LogP contribution in [0.15, 0.2) is 30.7 Å². The minimum atomic E-state index is -0.487. The number of nitrogens with zero attached hydrogens (tertiary/aromatic N) is 4. The second-order valence-electron chi connectivity index (χ2n) is 9.51. The summed E-state index contributed by atoms with van der Waals surface area (Å²) in [5.41, 5.74) is 0.511. The van der Waals surface area contributed by atoms with Crippen LogP contribution >= 0.6 is 12.4 Å². The molecule has 2 aromatic rings. The number of nitrogens with one attached hydrogen (secondary N) is 1. The van der Waals surface area contributed by atoms with Gasteiger partial charge in [-0.25, -0.2) is 14.4 Å². The zero-order valence-corrected chi connectivity index (χ0v) is 20.3. The van der Waals surface area contributed by atoms with E-state index in [1.807, 2.05) is 13.8 Å². The smallest absolute Gasteiger partial charge is 0.258 e. The van der Waals surface area contributed by atoms with E-state index in [4.69, 9.17) is 9.47 Å². The Kier molecular flexibility index (Phi) is 7.25. The van der Waals surface area contributed by atoms with Gasteiger partial charge in [0.15, 0.2) is 11.6 Å². The molecule has 3 fully saturated rings. The second kappa shape index (κ2) is 10.0. The predicted octanol–water partition coefficient (Wildman–Crippen LogP) is 3.27. The molecule has 3 aliphatic heterocycles. The molecule has 5 rings (SSSR count). The number of piperidine rings is 1. The van der Waals surface area contributed by atoms with Crippen LogP contribution in [0, 0.1) is 11.2 Å². The normalized spacial score (nSPS) is 23.7. The Bertz CT molecular complexity index is 1020. The van der Waals surface area contributed by atoms with Gasteiger partial charge in [0, 0.05) is 18.5 Å². The van der Waals surface area contributed by atoms with E-state index >= 15 is 0 Å². The number of anilines is 1. The Hall–Kier alpha value is -2.49. The van der Waals surface area contributed by atoms with Gasteiger partial charge >= 0.3 is 0 Å². The third kappa shape index (κ3) is 4.69. The average molecular weight is 492 g/mol. The van der Waals surface area contributed by atoms with E-state index in [0.29, 0.717) is 35.9 Å². The van der Waals surface area contributed by atoms with Crippen LogP contribution in [0.5, 0.6) is 11.5 Å². The number of halogens is 2. The lowest BCUT2D eigenvalue weighted by Crippen LogP contribution is -2.60. The molecule has 0 aliphatic carbocycles. The lowest BCUT2D eigenvalue weighted by Gasteiger charge is -2.53. The number of morpholine rings is 1. The number of carbonyl (C=O) groups is 1. The van der Waals surface area contributed by atoms with Crippen molar-refractivity contribution < 1.29 is 18.7 Å². The molecule has 184 valence electrons. The zero-order chi connectivity index (χ0) is 23.0. The third-order valence-corrected chi connectivity index (χ3v) is 6.97. The molecule has 34 heavy (non-hydrogen) atoms. The van der Waals surface area contributed by atoms with E-state index in [9.17, 15) is 9.18 Å². The predicted molar refractivity (Wildman–Crippen MR) is 128 cm³/mol. The maximum absolute atomic E-state index is 14.2. The molecule has 0 radical (unpaired) electrons. The molecular formula is C24H31ClFN5O3. The minimum absolute atomic E-state index is 0. The molecule has 0 bridgehead atoms. The summed E-state index contributed by atoms with van der Waals surface area (Å²) in [5.74, 6) is 0.693. The summed E-state index contributed by atoms with van der Waals surface area (Å²) in [6.45, 7) is 8.67. The largest absolute Gasteiger partial charge is 0.451 e. The van der Waals surface area contributed by atoms with Gasteiger partial charge in [-0.15, -0.1) is 12.4 Å². The van der Waals surface area contributed by atoms with Crippen molar-refractivity contribution in [2.45, 2.75) is 38.8 Å². The summed E-state index contributed by atoms with van der Waals surface area (Å²) in [6, 6.07) is 3.81. The van der Waals surface area contributed by atoms with E-state index in [0.717, 1.165) is 39.0 Å². The lowest BCUT2D eigenvalue weighted by molar-refractivity contribution is -0.0250. The molecule has 0 unspecified atom stereocenters. The molecule has 1 N–H and O–H groups in total. The first kappa shape index (κ1) is 24.6. The fraction of sp³-hybridized carbons (Fsp3) is 0.542. The minimum Gasteiger partial charge on any atom is -0.451 e. The SMILES string of the molecule is C[C@@H]1COC[C@H](C)N1C(=O)c1cc(F)ccc1Oc1cncnc1N1CC2(CCNCC2)C1.Cl. The van der Waals surface area contributed by atoms with E-state index in [1.54, 1.807) is 11.1 Å². The summed E-state index contributed by atoms with van der Waals surface area (Å²) >= 11 is 0. The van der Waals surface area contributed by atoms with Gasteiger partial charge in [-0.05, 0) is 58.0 Å². The monoisotopic (exact) mass is 491 g/mol. The molecule has 1 aromatic carbocycles. The first-order valence-electron chi connectivity index (χ1n) is 11.6. The first-order chi connectivity index (χ1) is 16.0. The Balaban J connectivity index is 0.00000274. The van der Waals surface area contributed by atoms with Gasteiger partial charge in [0.1, 0.15) is 17.9 Å². The van der Waals surface area contributed by atoms with Crippen molar-refractivity contribution in [2.75, 3.05) is 44.3 Å². The highest BCUT2D eigenvalue weighted by Crippen LogP contribution is 2.43. The van der Waals surface area contributed by atoms with Gasteiger partial charge in [-0.3, -0.25) is 4.79 Å². The average Bonchev–Trinajstić information content (AvgIpc) is 2.79. The Labute approximate surface area is 205 Å². The van der Waals surface area contributed by atoms with Gasteiger partial charge in [0.25, 0.3) is 5.91 Å². The summed E-state index contributed by atoms with van der Waals surface area (Å²) in [6.07, 6.45) is 5.41. The fourth-order valence-corrected chi connectivity index (χ4v) is 5.23. The number of hydrogen-bond donors (Lipinski definition) is 1.